The molecule has 0 radical (unpaired) electrons. The Labute approximate surface area is 106 Å². The van der Waals surface area contributed by atoms with Gasteiger partial charge in [0.05, 0.1) is 23.9 Å². The summed E-state index contributed by atoms with van der Waals surface area (Å²) in [5.74, 6) is 0.174. The lowest BCUT2D eigenvalue weighted by Crippen LogP contribution is -2.02. The van der Waals surface area contributed by atoms with Crippen molar-refractivity contribution in [1.82, 2.24) is 10.2 Å². The second-order valence-corrected chi connectivity index (χ2v) is 5.17. The van der Waals surface area contributed by atoms with Crippen LogP contribution in [0.15, 0.2) is 16.6 Å². The molecule has 1 aliphatic carbocycles. The molecule has 0 unspecified atom stereocenters. The molecule has 17 heavy (non-hydrogen) atoms. The molecule has 1 N–H and O–H groups in total. The average Bonchev–Trinajstić information content (AvgIpc) is 3.08. The standard InChI is InChI=1S/C12H11BrN2O2/c1-17-12(16)8-4-7(13)5-9-10(8)11(15-14-9)6-2-3-6/h4-6H,2-3H2,1H3,(H,14,15). The first-order chi connectivity index (χ1) is 8.20. The van der Waals surface area contributed by atoms with Gasteiger partial charge in [0.2, 0.25) is 0 Å². The molecule has 1 aromatic carbocycles. The lowest BCUT2D eigenvalue weighted by molar-refractivity contribution is 0.0603. The number of hydrogen-bond donors (Lipinski definition) is 1. The fraction of sp³-hybridized carbons (Fsp3) is 0.333. The second kappa shape index (κ2) is 3.84. The van der Waals surface area contributed by atoms with Crippen molar-refractivity contribution in [3.8, 4) is 0 Å². The van der Waals surface area contributed by atoms with Gasteiger partial charge in [-0.05, 0) is 25.0 Å². The number of hydrogen-bond acceptors (Lipinski definition) is 3. The number of aromatic nitrogens is 2. The number of esters is 1. The van der Waals surface area contributed by atoms with Crippen molar-refractivity contribution < 1.29 is 9.53 Å². The lowest BCUT2D eigenvalue weighted by atomic mass is 10.1. The molecule has 1 saturated carbocycles. The number of carbonyl (C=O) groups is 1. The molecule has 88 valence electrons. The lowest BCUT2D eigenvalue weighted by Gasteiger charge is -2.03. The minimum atomic E-state index is -0.320. The van der Waals surface area contributed by atoms with Crippen LogP contribution in [0.4, 0.5) is 0 Å². The summed E-state index contributed by atoms with van der Waals surface area (Å²) >= 11 is 3.39. The third-order valence-corrected chi connectivity index (χ3v) is 3.48. The van der Waals surface area contributed by atoms with Crippen molar-refractivity contribution in [2.24, 2.45) is 0 Å². The smallest absolute Gasteiger partial charge is 0.338 e. The van der Waals surface area contributed by atoms with E-state index in [2.05, 4.69) is 26.1 Å². The largest absolute Gasteiger partial charge is 0.465 e. The van der Waals surface area contributed by atoms with Crippen LogP contribution < -0.4 is 0 Å². The van der Waals surface area contributed by atoms with Gasteiger partial charge in [0.15, 0.2) is 0 Å². The van der Waals surface area contributed by atoms with Crippen LogP contribution >= 0.6 is 15.9 Å². The average molecular weight is 295 g/mol. The molecule has 1 heterocycles. The third kappa shape index (κ3) is 1.74. The van der Waals surface area contributed by atoms with Gasteiger partial charge in [0.1, 0.15) is 0 Å². The molecular formula is C12H11BrN2O2. The normalized spacial score (nSPS) is 15.2. The van der Waals surface area contributed by atoms with Crippen LogP contribution in [0.3, 0.4) is 0 Å². The molecule has 3 rings (SSSR count). The number of nitrogens with one attached hydrogen (secondary N) is 1. The molecule has 2 aromatic rings. The molecule has 0 atom stereocenters. The van der Waals surface area contributed by atoms with Crippen molar-refractivity contribution >= 4 is 32.8 Å². The number of benzene rings is 1. The molecule has 0 amide bonds. The fourth-order valence-electron chi connectivity index (χ4n) is 2.07. The fourth-order valence-corrected chi connectivity index (χ4v) is 2.53. The van der Waals surface area contributed by atoms with E-state index < -0.39 is 0 Å². The molecule has 0 saturated heterocycles. The molecule has 5 heteroatoms. The van der Waals surface area contributed by atoms with Gasteiger partial charge in [-0.25, -0.2) is 4.79 Å². The van der Waals surface area contributed by atoms with Crippen LogP contribution in [0.25, 0.3) is 10.9 Å². The summed E-state index contributed by atoms with van der Waals surface area (Å²) < 4.78 is 5.67. The van der Waals surface area contributed by atoms with E-state index in [9.17, 15) is 4.79 Å². The quantitative estimate of drug-likeness (QED) is 0.867. The minimum Gasteiger partial charge on any atom is -0.465 e. The number of halogens is 1. The van der Waals surface area contributed by atoms with E-state index in [1.807, 2.05) is 6.07 Å². The van der Waals surface area contributed by atoms with E-state index in [0.29, 0.717) is 11.5 Å². The van der Waals surface area contributed by atoms with Gasteiger partial charge in [-0.3, -0.25) is 5.10 Å². The SMILES string of the molecule is COC(=O)c1cc(Br)cc2[nH]nc(C3CC3)c12. The van der Waals surface area contributed by atoms with Crippen LogP contribution in [0.1, 0.15) is 34.8 Å². The Morgan fingerprint density at radius 1 is 1.53 bits per heavy atom. The van der Waals surface area contributed by atoms with Gasteiger partial charge < -0.3 is 4.74 Å². The van der Waals surface area contributed by atoms with Crippen molar-refractivity contribution in [2.75, 3.05) is 7.11 Å². The van der Waals surface area contributed by atoms with Crippen molar-refractivity contribution in [3.05, 3.63) is 27.9 Å². The maximum atomic E-state index is 11.8. The predicted octanol–water partition coefficient (Wildman–Crippen LogP) is 2.99. The second-order valence-electron chi connectivity index (χ2n) is 4.25. The van der Waals surface area contributed by atoms with E-state index in [-0.39, 0.29) is 5.97 Å². The first-order valence-electron chi connectivity index (χ1n) is 5.46. The zero-order valence-corrected chi connectivity index (χ0v) is 10.9. The molecule has 1 fully saturated rings. The van der Waals surface area contributed by atoms with E-state index in [1.54, 1.807) is 6.07 Å². The maximum absolute atomic E-state index is 11.8. The number of ether oxygens (including phenoxy) is 1. The van der Waals surface area contributed by atoms with Crippen molar-refractivity contribution in [1.29, 1.82) is 0 Å². The summed E-state index contributed by atoms with van der Waals surface area (Å²) in [5, 5.41) is 8.21. The number of methoxy groups -OCH3 is 1. The van der Waals surface area contributed by atoms with Crippen molar-refractivity contribution in [2.45, 2.75) is 18.8 Å². The van der Waals surface area contributed by atoms with Crippen LogP contribution in [-0.4, -0.2) is 23.3 Å². The van der Waals surface area contributed by atoms with Gasteiger partial charge in [0.25, 0.3) is 0 Å². The molecule has 0 bridgehead atoms. The van der Waals surface area contributed by atoms with Crippen LogP contribution in [0.2, 0.25) is 0 Å². The maximum Gasteiger partial charge on any atom is 0.338 e. The first-order valence-corrected chi connectivity index (χ1v) is 6.26. The molecule has 4 nitrogen and oxygen atoms in total. The Hall–Kier alpha value is -1.36. The number of rotatable bonds is 2. The minimum absolute atomic E-state index is 0.320. The third-order valence-electron chi connectivity index (χ3n) is 3.03. The highest BCUT2D eigenvalue weighted by molar-refractivity contribution is 9.10. The highest BCUT2D eigenvalue weighted by Crippen LogP contribution is 2.43. The molecule has 1 aliphatic rings. The number of nitrogens with zero attached hydrogens (tertiary/aromatic N) is 1. The van der Waals surface area contributed by atoms with Crippen LogP contribution in [0, 0.1) is 0 Å². The Balaban J connectivity index is 2.29. The Morgan fingerprint density at radius 2 is 2.29 bits per heavy atom. The van der Waals surface area contributed by atoms with Gasteiger partial charge in [-0.15, -0.1) is 0 Å². The molecule has 0 aliphatic heterocycles. The zero-order valence-electron chi connectivity index (χ0n) is 9.29. The number of carbonyl (C=O) groups excluding carboxylic acids is 1. The van der Waals surface area contributed by atoms with Crippen LogP contribution in [-0.2, 0) is 4.74 Å². The van der Waals surface area contributed by atoms with E-state index in [1.165, 1.54) is 7.11 Å². The summed E-state index contributed by atoms with van der Waals surface area (Å²) in [6.45, 7) is 0. The van der Waals surface area contributed by atoms with Gasteiger partial charge in [-0.2, -0.15) is 5.10 Å². The Bertz CT molecular complexity index is 602. The monoisotopic (exact) mass is 294 g/mol. The van der Waals surface area contributed by atoms with E-state index in [4.69, 9.17) is 4.74 Å². The summed E-state index contributed by atoms with van der Waals surface area (Å²) in [6.07, 6.45) is 2.30. The zero-order chi connectivity index (χ0) is 12.0. The summed E-state index contributed by atoms with van der Waals surface area (Å²) in [7, 11) is 1.39. The summed E-state index contributed by atoms with van der Waals surface area (Å²) in [5.41, 5.74) is 2.45. The van der Waals surface area contributed by atoms with Crippen LogP contribution in [0.5, 0.6) is 0 Å². The number of aromatic amines is 1. The first kappa shape index (κ1) is 10.8. The predicted molar refractivity (Wildman–Crippen MR) is 67.1 cm³/mol. The summed E-state index contributed by atoms with van der Waals surface area (Å²) in [6, 6.07) is 3.72. The highest BCUT2D eigenvalue weighted by Gasteiger charge is 2.30. The Morgan fingerprint density at radius 3 is 2.94 bits per heavy atom. The molecule has 0 spiro atoms. The summed E-state index contributed by atoms with van der Waals surface area (Å²) in [4.78, 5) is 11.8. The van der Waals surface area contributed by atoms with Crippen molar-refractivity contribution in [3.63, 3.8) is 0 Å². The molecule has 1 aromatic heterocycles. The van der Waals surface area contributed by atoms with Gasteiger partial charge in [0, 0.05) is 15.8 Å². The van der Waals surface area contributed by atoms with E-state index in [0.717, 1.165) is 33.9 Å². The topological polar surface area (TPSA) is 55.0 Å². The Kier molecular flexibility index (Phi) is 2.43. The molecular weight excluding hydrogens is 284 g/mol. The number of H-pyrrole nitrogens is 1. The van der Waals surface area contributed by atoms with Gasteiger partial charge in [-0.1, -0.05) is 15.9 Å². The van der Waals surface area contributed by atoms with Gasteiger partial charge >= 0.3 is 5.97 Å². The highest BCUT2D eigenvalue weighted by atomic mass is 79.9. The van der Waals surface area contributed by atoms with E-state index >= 15 is 0 Å². The number of fused-ring (bicyclic) bond motifs is 1.